The molecule has 0 spiro atoms. The minimum atomic E-state index is -4.85. The van der Waals surface area contributed by atoms with Gasteiger partial charge < -0.3 is 14.5 Å². The van der Waals surface area contributed by atoms with Gasteiger partial charge in [0.15, 0.2) is 0 Å². The molecule has 1 saturated heterocycles. The lowest BCUT2D eigenvalue weighted by Gasteiger charge is -2.29. The van der Waals surface area contributed by atoms with Gasteiger partial charge in [0, 0.05) is 21.1 Å². The molecule has 33 heavy (non-hydrogen) atoms. The first-order valence-corrected chi connectivity index (χ1v) is 9.55. The normalized spacial score (nSPS) is 18.4. The summed E-state index contributed by atoms with van der Waals surface area (Å²) in [5.41, 5.74) is -3.34. The van der Waals surface area contributed by atoms with Gasteiger partial charge in [0.2, 0.25) is 0 Å². The Bertz CT molecular complexity index is 1170. The summed E-state index contributed by atoms with van der Waals surface area (Å²) in [6.45, 7) is 1.46. The van der Waals surface area contributed by atoms with Gasteiger partial charge >= 0.3 is 18.3 Å². The Morgan fingerprint density at radius 2 is 1.73 bits per heavy atom. The van der Waals surface area contributed by atoms with Crippen molar-refractivity contribution in [3.8, 4) is 11.8 Å². The third-order valence-corrected chi connectivity index (χ3v) is 5.44. The Morgan fingerprint density at radius 3 is 2.24 bits per heavy atom. The van der Waals surface area contributed by atoms with Crippen molar-refractivity contribution in [2.24, 2.45) is 0 Å². The molecule has 11 heteroatoms. The zero-order valence-corrected chi connectivity index (χ0v) is 18.1. The first-order valence-electron chi connectivity index (χ1n) is 9.55. The van der Waals surface area contributed by atoms with Crippen molar-refractivity contribution in [2.75, 3.05) is 26.0 Å². The first kappa shape index (κ1) is 23.6. The number of nitriles is 1. The Kier molecular flexibility index (Phi) is 5.81. The SMILES string of the molecule is CN(C)C(=O)Oc1ccc(C2(C)C(=O)N(c3ccc(C#N)c(C(F)(F)F)c3)C(=O)N2C)cc1. The number of urea groups is 1. The highest BCUT2D eigenvalue weighted by atomic mass is 19.4. The molecule has 0 radical (unpaired) electrons. The quantitative estimate of drug-likeness (QED) is 0.647. The van der Waals surface area contributed by atoms with E-state index in [0.717, 1.165) is 17.0 Å². The average molecular weight is 460 g/mol. The lowest BCUT2D eigenvalue weighted by Crippen LogP contribution is -2.42. The second-order valence-electron chi connectivity index (χ2n) is 7.68. The second kappa shape index (κ2) is 8.12. The van der Waals surface area contributed by atoms with Crippen molar-refractivity contribution in [3.63, 3.8) is 0 Å². The average Bonchev–Trinajstić information content (AvgIpc) is 2.94. The van der Waals surface area contributed by atoms with Crippen molar-refractivity contribution in [2.45, 2.75) is 18.6 Å². The van der Waals surface area contributed by atoms with E-state index in [0.29, 0.717) is 16.5 Å². The van der Waals surface area contributed by atoms with Crippen molar-refractivity contribution in [3.05, 3.63) is 59.2 Å². The number of carbonyl (C=O) groups is 3. The van der Waals surface area contributed by atoms with Crippen LogP contribution in [0.2, 0.25) is 0 Å². The second-order valence-corrected chi connectivity index (χ2v) is 7.68. The van der Waals surface area contributed by atoms with Crippen molar-refractivity contribution >= 4 is 23.7 Å². The maximum absolute atomic E-state index is 13.4. The fourth-order valence-electron chi connectivity index (χ4n) is 3.38. The van der Waals surface area contributed by atoms with Crippen LogP contribution in [-0.2, 0) is 16.5 Å². The van der Waals surface area contributed by atoms with Crippen LogP contribution >= 0.6 is 0 Å². The summed E-state index contributed by atoms with van der Waals surface area (Å²) in [7, 11) is 4.38. The predicted octanol–water partition coefficient (Wildman–Crippen LogP) is 3.95. The smallest absolute Gasteiger partial charge is 0.410 e. The van der Waals surface area contributed by atoms with E-state index in [-0.39, 0.29) is 11.4 Å². The number of hydrogen-bond donors (Lipinski definition) is 0. The Morgan fingerprint density at radius 1 is 1.12 bits per heavy atom. The summed E-state index contributed by atoms with van der Waals surface area (Å²) in [6.07, 6.45) is -5.45. The summed E-state index contributed by atoms with van der Waals surface area (Å²) in [5, 5.41) is 8.98. The van der Waals surface area contributed by atoms with E-state index in [9.17, 15) is 27.6 Å². The van der Waals surface area contributed by atoms with Gasteiger partial charge in [0.05, 0.1) is 22.9 Å². The van der Waals surface area contributed by atoms with E-state index < -0.39 is 40.9 Å². The third kappa shape index (κ3) is 3.95. The maximum Gasteiger partial charge on any atom is 0.417 e. The summed E-state index contributed by atoms with van der Waals surface area (Å²) >= 11 is 0. The third-order valence-electron chi connectivity index (χ3n) is 5.44. The van der Waals surface area contributed by atoms with E-state index >= 15 is 0 Å². The lowest BCUT2D eigenvalue weighted by molar-refractivity contribution is -0.137. The number of ether oxygens (including phenoxy) is 1. The molecule has 1 fully saturated rings. The molecule has 1 aliphatic rings. The van der Waals surface area contributed by atoms with Gasteiger partial charge in [-0.1, -0.05) is 12.1 Å². The molecule has 0 N–H and O–H groups in total. The van der Waals surface area contributed by atoms with Crippen LogP contribution in [0.15, 0.2) is 42.5 Å². The summed E-state index contributed by atoms with van der Waals surface area (Å²) in [5.74, 6) is -0.565. The molecule has 0 aromatic heterocycles. The van der Waals surface area contributed by atoms with Crippen molar-refractivity contribution in [1.29, 1.82) is 5.26 Å². The standard InChI is InChI=1S/C22H19F3N4O4/c1-21(14-6-9-16(10-7-14)33-20(32)27(2)3)18(30)29(19(31)28(21)4)15-8-5-13(12-26)17(11-15)22(23,24)25/h5-11H,1-4H3. The number of benzene rings is 2. The van der Waals surface area contributed by atoms with Crippen molar-refractivity contribution < 1.29 is 32.3 Å². The number of carbonyl (C=O) groups excluding carboxylic acids is 3. The van der Waals surface area contributed by atoms with Crippen LogP contribution < -0.4 is 9.64 Å². The van der Waals surface area contributed by atoms with Crippen LogP contribution in [0, 0.1) is 11.3 Å². The molecule has 2 aromatic carbocycles. The van der Waals surface area contributed by atoms with Crippen LogP contribution in [0.3, 0.4) is 0 Å². The molecular formula is C22H19F3N4O4. The molecule has 172 valence electrons. The molecule has 4 amide bonds. The number of alkyl halides is 3. The largest absolute Gasteiger partial charge is 0.417 e. The number of likely N-dealkylation sites (N-methyl/N-ethyl adjacent to an activating group) is 1. The molecule has 1 aliphatic heterocycles. The van der Waals surface area contributed by atoms with E-state index in [2.05, 4.69) is 0 Å². The Hall–Kier alpha value is -4.07. The van der Waals surface area contributed by atoms with E-state index in [1.807, 2.05) is 0 Å². The van der Waals surface area contributed by atoms with E-state index in [4.69, 9.17) is 10.00 Å². The highest BCUT2D eigenvalue weighted by Gasteiger charge is 2.54. The number of hydrogen-bond acceptors (Lipinski definition) is 5. The van der Waals surface area contributed by atoms with Crippen LogP contribution in [0.1, 0.15) is 23.6 Å². The van der Waals surface area contributed by atoms with Crippen LogP contribution in [0.4, 0.5) is 28.4 Å². The van der Waals surface area contributed by atoms with Crippen LogP contribution in [0.5, 0.6) is 5.75 Å². The summed E-state index contributed by atoms with van der Waals surface area (Å²) in [6, 6.07) is 9.14. The van der Waals surface area contributed by atoms with Crippen LogP contribution in [0.25, 0.3) is 0 Å². The van der Waals surface area contributed by atoms with Crippen LogP contribution in [-0.4, -0.2) is 49.0 Å². The van der Waals surface area contributed by atoms with E-state index in [1.165, 1.54) is 63.3 Å². The van der Waals surface area contributed by atoms with Gasteiger partial charge in [-0.15, -0.1) is 0 Å². The summed E-state index contributed by atoms with van der Waals surface area (Å²) < 4.78 is 45.3. The number of nitrogens with zero attached hydrogens (tertiary/aromatic N) is 4. The Labute approximate surface area is 187 Å². The van der Waals surface area contributed by atoms with E-state index in [1.54, 1.807) is 0 Å². The number of anilines is 1. The molecule has 2 aromatic rings. The molecule has 0 saturated carbocycles. The summed E-state index contributed by atoms with van der Waals surface area (Å²) in [4.78, 5) is 40.9. The Balaban J connectivity index is 2.00. The van der Waals surface area contributed by atoms with Gasteiger partial charge in [0.25, 0.3) is 5.91 Å². The highest BCUT2D eigenvalue weighted by Crippen LogP contribution is 2.41. The molecule has 1 atom stereocenters. The van der Waals surface area contributed by atoms with Gasteiger partial charge in [-0.2, -0.15) is 18.4 Å². The molecule has 1 heterocycles. The maximum atomic E-state index is 13.4. The van der Waals surface area contributed by atoms with Gasteiger partial charge in [-0.25, -0.2) is 14.5 Å². The fraction of sp³-hybridized carbons (Fsp3) is 0.273. The monoisotopic (exact) mass is 460 g/mol. The predicted molar refractivity (Wildman–Crippen MR) is 110 cm³/mol. The number of rotatable bonds is 3. The zero-order chi connectivity index (χ0) is 24.7. The zero-order valence-electron chi connectivity index (χ0n) is 18.1. The molecule has 1 unspecified atom stereocenters. The molecular weight excluding hydrogens is 441 g/mol. The number of amides is 4. The molecule has 0 aliphatic carbocycles. The van der Waals surface area contributed by atoms with Gasteiger partial charge in [-0.3, -0.25) is 4.79 Å². The van der Waals surface area contributed by atoms with Gasteiger partial charge in [0.1, 0.15) is 11.3 Å². The topological polar surface area (TPSA) is 94.0 Å². The molecule has 3 rings (SSSR count). The van der Waals surface area contributed by atoms with Gasteiger partial charge in [-0.05, 0) is 42.8 Å². The highest BCUT2D eigenvalue weighted by molar-refractivity contribution is 6.23. The fourth-order valence-corrected chi connectivity index (χ4v) is 3.38. The van der Waals surface area contributed by atoms with Crippen molar-refractivity contribution in [1.82, 2.24) is 9.80 Å². The first-order chi connectivity index (χ1) is 15.3. The number of imide groups is 1. The molecule has 0 bridgehead atoms. The molecule has 8 nitrogen and oxygen atoms in total. The lowest BCUT2D eigenvalue weighted by atomic mass is 9.90. The minimum absolute atomic E-state index is 0.208. The minimum Gasteiger partial charge on any atom is -0.410 e. The number of halogens is 3.